The van der Waals surface area contributed by atoms with E-state index < -0.39 is 34.5 Å². The first-order valence-corrected chi connectivity index (χ1v) is 8.53. The first kappa shape index (κ1) is 20.1. The van der Waals surface area contributed by atoms with Crippen LogP contribution in [-0.4, -0.2) is 23.6 Å². The molecule has 0 bridgehead atoms. The van der Waals surface area contributed by atoms with Crippen LogP contribution in [0.5, 0.6) is 0 Å². The third-order valence-electron chi connectivity index (χ3n) is 3.01. The van der Waals surface area contributed by atoms with Crippen LogP contribution in [0.4, 0.5) is 4.79 Å². The molecule has 1 aliphatic rings. The Bertz CT molecular complexity index is 613. The summed E-state index contributed by atoms with van der Waals surface area (Å²) in [5.41, 5.74) is -2.08. The normalized spacial score (nSPS) is 29.7. The van der Waals surface area contributed by atoms with E-state index in [1.54, 1.807) is 0 Å². The van der Waals surface area contributed by atoms with Crippen molar-refractivity contribution >= 4 is 60.3 Å². The standard InChI is InChI=1S/C10H12Cl4NO6P/c1-9(14)7(13)5(20-8(16)15-3)4(11)6(12)10(9,2)21-22(17,18)19/h1-3H3,(H,15,16)(H2,17,18,19)/p-2. The molecular formula is C10H10Cl4NO6P-2. The number of alkyl halides is 1. The summed E-state index contributed by atoms with van der Waals surface area (Å²) in [4.78, 5) is 31.4. The minimum atomic E-state index is -5.49. The van der Waals surface area contributed by atoms with Crippen LogP contribution in [0, 0.1) is 0 Å². The number of phosphoric acid groups is 1. The zero-order chi connectivity index (χ0) is 17.5. The molecule has 22 heavy (non-hydrogen) atoms. The maximum Gasteiger partial charge on any atom is 0.412 e. The number of phosphoric ester groups is 1. The van der Waals surface area contributed by atoms with Crippen LogP contribution in [0.25, 0.3) is 0 Å². The number of rotatable bonds is 3. The minimum absolute atomic E-state index is 0.358. The zero-order valence-electron chi connectivity index (χ0n) is 11.4. The molecule has 0 saturated heterocycles. The highest BCUT2D eigenvalue weighted by molar-refractivity contribution is 7.43. The Morgan fingerprint density at radius 1 is 1.23 bits per heavy atom. The average Bonchev–Trinajstić information content (AvgIpc) is 2.38. The summed E-state index contributed by atoms with van der Waals surface area (Å²) in [6.07, 6.45) is -0.911. The van der Waals surface area contributed by atoms with Crippen LogP contribution in [0.15, 0.2) is 20.9 Å². The van der Waals surface area contributed by atoms with E-state index in [-0.39, 0.29) is 10.8 Å². The molecule has 1 N–H and O–H groups in total. The monoisotopic (exact) mass is 411 g/mol. The maximum absolute atomic E-state index is 11.3. The number of amides is 1. The molecule has 0 saturated carbocycles. The lowest BCUT2D eigenvalue weighted by molar-refractivity contribution is -0.348. The van der Waals surface area contributed by atoms with Crippen LogP contribution in [-0.2, 0) is 13.8 Å². The summed E-state index contributed by atoms with van der Waals surface area (Å²) in [5, 5.41) is 0.930. The van der Waals surface area contributed by atoms with Gasteiger partial charge in [0.15, 0.2) is 5.76 Å². The van der Waals surface area contributed by atoms with Gasteiger partial charge in [0.25, 0.3) is 0 Å². The molecule has 12 heteroatoms. The first-order chi connectivity index (χ1) is 9.78. The molecule has 1 aliphatic carbocycles. The number of carbonyl (C=O) groups is 1. The van der Waals surface area contributed by atoms with Crippen molar-refractivity contribution in [3.63, 3.8) is 0 Å². The van der Waals surface area contributed by atoms with Gasteiger partial charge in [-0.05, 0) is 13.8 Å². The van der Waals surface area contributed by atoms with Crippen molar-refractivity contribution < 1.29 is 28.4 Å². The van der Waals surface area contributed by atoms with E-state index in [1.165, 1.54) is 14.0 Å². The molecule has 0 fully saturated rings. The van der Waals surface area contributed by atoms with Crippen LogP contribution in [0.2, 0.25) is 0 Å². The molecule has 0 aromatic heterocycles. The summed E-state index contributed by atoms with van der Waals surface area (Å²) < 4.78 is 20.3. The second-order valence-corrected chi connectivity index (χ2v) is 7.45. The van der Waals surface area contributed by atoms with Gasteiger partial charge in [-0.15, -0.1) is 11.6 Å². The zero-order valence-corrected chi connectivity index (χ0v) is 15.3. The molecule has 0 aromatic rings. The average molecular weight is 413 g/mol. The number of nitrogens with one attached hydrogen (secondary N) is 1. The Morgan fingerprint density at radius 3 is 2.14 bits per heavy atom. The fourth-order valence-electron chi connectivity index (χ4n) is 1.62. The lowest BCUT2D eigenvalue weighted by atomic mass is 9.84. The van der Waals surface area contributed by atoms with E-state index in [0.717, 1.165) is 6.92 Å². The number of alkyl carbamates (subject to hydrolysis) is 1. The van der Waals surface area contributed by atoms with E-state index in [1.807, 2.05) is 0 Å². The number of hydrogen-bond donors (Lipinski definition) is 1. The van der Waals surface area contributed by atoms with Gasteiger partial charge in [0.1, 0.15) is 15.5 Å². The van der Waals surface area contributed by atoms with Crippen molar-refractivity contribution in [1.29, 1.82) is 0 Å². The van der Waals surface area contributed by atoms with Crippen molar-refractivity contribution in [2.45, 2.75) is 24.3 Å². The number of hydrogen-bond acceptors (Lipinski definition) is 6. The summed E-state index contributed by atoms with van der Waals surface area (Å²) >= 11 is 24.2. The lowest BCUT2D eigenvalue weighted by Gasteiger charge is -2.49. The molecule has 2 atom stereocenters. The highest BCUT2D eigenvalue weighted by atomic mass is 35.5. The number of allylic oxidation sites excluding steroid dienone is 1. The molecule has 126 valence electrons. The van der Waals surface area contributed by atoms with Gasteiger partial charge in [-0.1, -0.05) is 34.8 Å². The molecule has 0 radical (unpaired) electrons. The van der Waals surface area contributed by atoms with E-state index >= 15 is 0 Å². The van der Waals surface area contributed by atoms with Crippen LogP contribution < -0.4 is 15.1 Å². The van der Waals surface area contributed by atoms with Crippen molar-refractivity contribution in [2.24, 2.45) is 0 Å². The summed E-state index contributed by atoms with van der Waals surface area (Å²) in [6.45, 7) is 2.34. The molecule has 0 aromatic carbocycles. The largest absolute Gasteiger partial charge is 0.790 e. The van der Waals surface area contributed by atoms with Crippen molar-refractivity contribution in [3.8, 4) is 0 Å². The number of halogens is 4. The van der Waals surface area contributed by atoms with Gasteiger partial charge in [0.2, 0.25) is 0 Å². The molecule has 2 unspecified atom stereocenters. The molecule has 0 aliphatic heterocycles. The summed E-state index contributed by atoms with van der Waals surface area (Å²) in [5.74, 6) is -0.377. The maximum atomic E-state index is 11.3. The van der Waals surface area contributed by atoms with E-state index in [2.05, 4.69) is 9.84 Å². The molecule has 1 rings (SSSR count). The first-order valence-electron chi connectivity index (χ1n) is 5.55. The lowest BCUT2D eigenvalue weighted by Crippen LogP contribution is -2.52. The molecule has 0 heterocycles. The predicted octanol–water partition coefficient (Wildman–Crippen LogP) is 2.10. The topological polar surface area (TPSA) is 111 Å². The van der Waals surface area contributed by atoms with E-state index in [9.17, 15) is 19.1 Å². The van der Waals surface area contributed by atoms with Gasteiger partial charge >= 0.3 is 6.09 Å². The van der Waals surface area contributed by atoms with Crippen molar-refractivity contribution in [2.75, 3.05) is 7.05 Å². The number of ether oxygens (including phenoxy) is 1. The Labute approximate surface area is 146 Å². The highest BCUT2D eigenvalue weighted by Gasteiger charge is 2.56. The Hall–Kier alpha value is 0.0200. The highest BCUT2D eigenvalue weighted by Crippen LogP contribution is 2.57. The van der Waals surface area contributed by atoms with E-state index in [0.29, 0.717) is 0 Å². The van der Waals surface area contributed by atoms with Gasteiger partial charge < -0.3 is 28.9 Å². The van der Waals surface area contributed by atoms with Crippen LogP contribution in [0.1, 0.15) is 13.8 Å². The fraction of sp³-hybridized carbons (Fsp3) is 0.500. The van der Waals surface area contributed by atoms with Gasteiger partial charge in [-0.2, -0.15) is 0 Å². The van der Waals surface area contributed by atoms with Gasteiger partial charge in [-0.25, -0.2) is 4.79 Å². The summed E-state index contributed by atoms with van der Waals surface area (Å²) in [7, 11) is -4.20. The third-order valence-corrected chi connectivity index (χ3v) is 5.80. The van der Waals surface area contributed by atoms with E-state index in [4.69, 9.17) is 51.1 Å². The fourth-order valence-corrected chi connectivity index (χ4v) is 3.70. The third kappa shape index (κ3) is 3.57. The van der Waals surface area contributed by atoms with Crippen LogP contribution >= 0.6 is 54.2 Å². The van der Waals surface area contributed by atoms with Crippen molar-refractivity contribution in [1.82, 2.24) is 5.32 Å². The van der Waals surface area contributed by atoms with Crippen LogP contribution in [0.3, 0.4) is 0 Å². The Kier molecular flexibility index (Phi) is 5.92. The number of carbonyl (C=O) groups excluding carboxylic acids is 1. The molecule has 7 nitrogen and oxygen atoms in total. The Morgan fingerprint density at radius 2 is 1.73 bits per heavy atom. The molecule has 0 spiro atoms. The molecule has 1 amide bonds. The van der Waals surface area contributed by atoms with Gasteiger partial charge in [0.05, 0.1) is 17.9 Å². The van der Waals surface area contributed by atoms with Crippen molar-refractivity contribution in [3.05, 3.63) is 20.9 Å². The second kappa shape index (κ2) is 6.49. The molecular weight excluding hydrogens is 403 g/mol. The summed E-state index contributed by atoms with van der Waals surface area (Å²) in [6, 6.07) is 0. The SMILES string of the molecule is CNC(=O)OC1=C(Cl)C(C)(Cl)C(C)(OP(=O)([O-])[O-])C(Cl)=C1Cl. The quantitative estimate of drug-likeness (QED) is 0.561. The minimum Gasteiger partial charge on any atom is -0.790 e. The van der Waals surface area contributed by atoms with Gasteiger partial charge in [0, 0.05) is 7.05 Å². The van der Waals surface area contributed by atoms with Gasteiger partial charge in [-0.3, -0.25) is 0 Å². The predicted molar refractivity (Wildman–Crippen MR) is 78.5 cm³/mol. The smallest absolute Gasteiger partial charge is 0.412 e. The Balaban J connectivity index is 3.49. The second-order valence-electron chi connectivity index (χ2n) is 4.49.